The molecule has 0 aliphatic heterocycles. The van der Waals surface area contributed by atoms with Gasteiger partial charge in [0.05, 0.1) is 13.2 Å². The standard InChI is InChI=1S/C30H29FO4/c1-20(2)29(32)34-17-15-22-5-7-23(8-6-22)24-9-11-25(12-10-24)27-14-13-26(28(31)19-27)16-18-35-30(33)21(3)4/h5-14,19H,1,3,15-18H2,2,4H3. The Hall–Kier alpha value is -3.99. The Bertz CT molecular complexity index is 1220. The first-order chi connectivity index (χ1) is 16.7. The molecule has 5 heteroatoms. The number of ether oxygens (including phenoxy) is 2. The zero-order valence-electron chi connectivity index (χ0n) is 20.1. The van der Waals surface area contributed by atoms with Gasteiger partial charge in [-0.3, -0.25) is 0 Å². The predicted octanol–water partition coefficient (Wildman–Crippen LogP) is 6.48. The summed E-state index contributed by atoms with van der Waals surface area (Å²) in [6.45, 7) is 10.7. The lowest BCUT2D eigenvalue weighted by Crippen LogP contribution is -2.08. The lowest BCUT2D eigenvalue weighted by atomic mass is 9.98. The molecule has 0 amide bonds. The molecule has 0 heterocycles. The molecule has 0 bridgehead atoms. The molecule has 0 N–H and O–H groups in total. The molecule has 0 fully saturated rings. The number of carbonyl (C=O) groups excluding carboxylic acids is 2. The molecule has 0 spiro atoms. The van der Waals surface area contributed by atoms with Crippen molar-refractivity contribution in [3.63, 3.8) is 0 Å². The quantitative estimate of drug-likeness (QED) is 0.250. The summed E-state index contributed by atoms with van der Waals surface area (Å²) in [4.78, 5) is 22.9. The fourth-order valence-corrected chi connectivity index (χ4v) is 3.41. The molecule has 3 aromatic rings. The summed E-state index contributed by atoms with van der Waals surface area (Å²) in [5, 5.41) is 0. The van der Waals surface area contributed by atoms with Gasteiger partial charge in [-0.2, -0.15) is 0 Å². The fraction of sp³-hybridized carbons (Fsp3) is 0.200. The molecule has 0 radical (unpaired) electrons. The molecule has 0 aliphatic carbocycles. The zero-order chi connectivity index (χ0) is 25.4. The van der Waals surface area contributed by atoms with Crippen molar-refractivity contribution in [3.05, 3.63) is 108 Å². The molecule has 0 saturated carbocycles. The van der Waals surface area contributed by atoms with Crippen molar-refractivity contribution in [2.45, 2.75) is 26.7 Å². The fourth-order valence-electron chi connectivity index (χ4n) is 3.41. The number of carbonyl (C=O) groups is 2. The van der Waals surface area contributed by atoms with Gasteiger partial charge in [0.25, 0.3) is 0 Å². The molecule has 3 aromatic carbocycles. The van der Waals surface area contributed by atoms with Gasteiger partial charge in [0.2, 0.25) is 0 Å². The summed E-state index contributed by atoms with van der Waals surface area (Å²) in [5.41, 5.74) is 6.07. The SMILES string of the molecule is C=C(C)C(=O)OCCc1ccc(-c2ccc(-c3ccc(CCOC(=O)C(=C)C)c(F)c3)cc2)cc1. The third-order valence-electron chi connectivity index (χ3n) is 5.48. The zero-order valence-corrected chi connectivity index (χ0v) is 20.1. The molecular formula is C30H29FO4. The van der Waals surface area contributed by atoms with Crippen LogP contribution in [-0.2, 0) is 31.9 Å². The van der Waals surface area contributed by atoms with Crippen molar-refractivity contribution in [1.82, 2.24) is 0 Å². The van der Waals surface area contributed by atoms with E-state index in [0.29, 0.717) is 36.2 Å². The van der Waals surface area contributed by atoms with E-state index in [4.69, 9.17) is 9.47 Å². The normalized spacial score (nSPS) is 10.5. The maximum Gasteiger partial charge on any atom is 0.333 e. The van der Waals surface area contributed by atoms with Gasteiger partial charge < -0.3 is 9.47 Å². The summed E-state index contributed by atoms with van der Waals surface area (Å²) in [6.07, 6.45) is 0.937. The summed E-state index contributed by atoms with van der Waals surface area (Å²) in [6, 6.07) is 21.1. The van der Waals surface area contributed by atoms with Crippen LogP contribution in [0.3, 0.4) is 0 Å². The Balaban J connectivity index is 1.60. The lowest BCUT2D eigenvalue weighted by molar-refractivity contribution is -0.139. The minimum absolute atomic E-state index is 0.106. The second-order valence-electron chi connectivity index (χ2n) is 8.41. The second-order valence-corrected chi connectivity index (χ2v) is 8.41. The van der Waals surface area contributed by atoms with E-state index in [-0.39, 0.29) is 18.4 Å². The van der Waals surface area contributed by atoms with Crippen LogP contribution < -0.4 is 0 Å². The van der Waals surface area contributed by atoms with Crippen LogP contribution in [0.1, 0.15) is 25.0 Å². The Labute approximate surface area is 205 Å². The van der Waals surface area contributed by atoms with Crippen molar-refractivity contribution in [1.29, 1.82) is 0 Å². The minimum atomic E-state index is -0.471. The van der Waals surface area contributed by atoms with Crippen LogP contribution in [0.2, 0.25) is 0 Å². The van der Waals surface area contributed by atoms with Crippen molar-refractivity contribution in [3.8, 4) is 22.3 Å². The maximum atomic E-state index is 14.6. The van der Waals surface area contributed by atoms with Crippen LogP contribution in [0, 0.1) is 5.82 Å². The van der Waals surface area contributed by atoms with Crippen LogP contribution >= 0.6 is 0 Å². The third kappa shape index (κ3) is 7.24. The van der Waals surface area contributed by atoms with Crippen LogP contribution in [0.25, 0.3) is 22.3 Å². The Morgan fingerprint density at radius 3 is 1.60 bits per heavy atom. The van der Waals surface area contributed by atoms with Crippen LogP contribution in [0.5, 0.6) is 0 Å². The maximum absolute atomic E-state index is 14.6. The number of esters is 2. The number of rotatable bonds is 10. The van der Waals surface area contributed by atoms with Gasteiger partial charge in [-0.15, -0.1) is 0 Å². The van der Waals surface area contributed by atoms with Gasteiger partial charge in [-0.1, -0.05) is 73.8 Å². The average Bonchev–Trinajstić information content (AvgIpc) is 2.85. The monoisotopic (exact) mass is 472 g/mol. The van der Waals surface area contributed by atoms with Gasteiger partial charge in [0, 0.05) is 24.0 Å². The molecule has 4 nitrogen and oxygen atoms in total. The molecule has 35 heavy (non-hydrogen) atoms. The van der Waals surface area contributed by atoms with Gasteiger partial charge >= 0.3 is 11.9 Å². The van der Waals surface area contributed by atoms with Gasteiger partial charge in [-0.25, -0.2) is 14.0 Å². The van der Waals surface area contributed by atoms with E-state index in [1.807, 2.05) is 54.6 Å². The summed E-state index contributed by atoms with van der Waals surface area (Å²) < 4.78 is 24.8. The van der Waals surface area contributed by atoms with E-state index < -0.39 is 5.97 Å². The van der Waals surface area contributed by atoms with E-state index in [9.17, 15) is 14.0 Å². The molecule has 0 aliphatic rings. The van der Waals surface area contributed by atoms with Crippen LogP contribution in [0.4, 0.5) is 4.39 Å². The highest BCUT2D eigenvalue weighted by Gasteiger charge is 2.09. The van der Waals surface area contributed by atoms with E-state index in [0.717, 1.165) is 27.8 Å². The molecule has 3 rings (SSSR count). The van der Waals surface area contributed by atoms with Gasteiger partial charge in [0.15, 0.2) is 0 Å². The Morgan fingerprint density at radius 2 is 1.11 bits per heavy atom. The van der Waals surface area contributed by atoms with E-state index >= 15 is 0 Å². The molecule has 0 aromatic heterocycles. The third-order valence-corrected chi connectivity index (χ3v) is 5.48. The highest BCUT2D eigenvalue weighted by molar-refractivity contribution is 5.87. The van der Waals surface area contributed by atoms with Gasteiger partial charge in [0.1, 0.15) is 5.82 Å². The number of hydrogen-bond acceptors (Lipinski definition) is 4. The van der Waals surface area contributed by atoms with Crippen LogP contribution in [-0.4, -0.2) is 25.2 Å². The number of benzene rings is 3. The number of halogens is 1. The van der Waals surface area contributed by atoms with Gasteiger partial charge in [-0.05, 0) is 53.3 Å². The van der Waals surface area contributed by atoms with Crippen molar-refractivity contribution in [2.75, 3.05) is 13.2 Å². The highest BCUT2D eigenvalue weighted by atomic mass is 19.1. The molecule has 180 valence electrons. The van der Waals surface area contributed by atoms with Crippen LogP contribution in [0.15, 0.2) is 91.0 Å². The van der Waals surface area contributed by atoms with E-state index in [1.165, 1.54) is 6.07 Å². The summed E-state index contributed by atoms with van der Waals surface area (Å²) >= 11 is 0. The lowest BCUT2D eigenvalue weighted by Gasteiger charge is -2.09. The minimum Gasteiger partial charge on any atom is -0.462 e. The smallest absolute Gasteiger partial charge is 0.333 e. The van der Waals surface area contributed by atoms with E-state index in [1.54, 1.807) is 19.9 Å². The summed E-state index contributed by atoms with van der Waals surface area (Å²) in [5.74, 6) is -1.18. The number of hydrogen-bond donors (Lipinski definition) is 0. The highest BCUT2D eigenvalue weighted by Crippen LogP contribution is 2.26. The molecule has 0 atom stereocenters. The summed E-state index contributed by atoms with van der Waals surface area (Å²) in [7, 11) is 0. The van der Waals surface area contributed by atoms with E-state index in [2.05, 4.69) is 13.2 Å². The Morgan fingerprint density at radius 1 is 0.686 bits per heavy atom. The molecular weight excluding hydrogens is 443 g/mol. The van der Waals surface area contributed by atoms with Crippen molar-refractivity contribution in [2.24, 2.45) is 0 Å². The first kappa shape index (κ1) is 25.6. The molecule has 0 unspecified atom stereocenters. The van der Waals surface area contributed by atoms with Crippen molar-refractivity contribution < 1.29 is 23.5 Å². The molecule has 0 saturated heterocycles. The second kappa shape index (κ2) is 11.9. The van der Waals surface area contributed by atoms with Crippen molar-refractivity contribution >= 4 is 11.9 Å². The first-order valence-electron chi connectivity index (χ1n) is 11.4. The predicted molar refractivity (Wildman–Crippen MR) is 136 cm³/mol. The topological polar surface area (TPSA) is 52.6 Å². The first-order valence-corrected chi connectivity index (χ1v) is 11.4. The largest absolute Gasteiger partial charge is 0.462 e. The average molecular weight is 473 g/mol. The Kier molecular flexibility index (Phi) is 8.74.